The van der Waals surface area contributed by atoms with E-state index in [-0.39, 0.29) is 5.75 Å². The van der Waals surface area contributed by atoms with Gasteiger partial charge in [0.2, 0.25) is 0 Å². The van der Waals surface area contributed by atoms with Gasteiger partial charge in [0.15, 0.2) is 0 Å². The summed E-state index contributed by atoms with van der Waals surface area (Å²) in [5.41, 5.74) is 14.9. The third-order valence-electron chi connectivity index (χ3n) is 5.09. The number of benzene rings is 3. The highest BCUT2D eigenvalue weighted by atomic mass is 16.3. The molecular formula is C25H28N2O. The molecule has 3 aromatic rings. The Balaban J connectivity index is 1.86. The zero-order valence-corrected chi connectivity index (χ0v) is 16.9. The fourth-order valence-corrected chi connectivity index (χ4v) is 3.40. The van der Waals surface area contributed by atoms with E-state index in [1.54, 1.807) is 12.1 Å². The van der Waals surface area contributed by atoms with Crippen LogP contribution in [0.4, 0.5) is 11.4 Å². The maximum absolute atomic E-state index is 9.46. The Bertz CT molecular complexity index is 988. The minimum Gasteiger partial charge on any atom is -0.508 e. The molecule has 0 spiro atoms. The lowest BCUT2D eigenvalue weighted by Crippen LogP contribution is -1.97. The van der Waals surface area contributed by atoms with Crippen molar-refractivity contribution in [1.29, 1.82) is 0 Å². The molecule has 0 unspecified atom stereocenters. The fraction of sp³-hybridized carbons (Fsp3) is 0.240. The van der Waals surface area contributed by atoms with E-state index in [0.29, 0.717) is 0 Å². The molecule has 0 atom stereocenters. The van der Waals surface area contributed by atoms with Crippen LogP contribution in [-0.2, 0) is 19.3 Å². The summed E-state index contributed by atoms with van der Waals surface area (Å²) in [6, 6.07) is 20.0. The van der Waals surface area contributed by atoms with Gasteiger partial charge in [-0.25, -0.2) is 0 Å². The van der Waals surface area contributed by atoms with Gasteiger partial charge in [0.05, 0.1) is 5.69 Å². The third kappa shape index (κ3) is 4.61. The van der Waals surface area contributed by atoms with Crippen molar-refractivity contribution in [3.63, 3.8) is 0 Å². The number of hydrogen-bond acceptors (Lipinski definition) is 3. The van der Waals surface area contributed by atoms with Gasteiger partial charge in [0.25, 0.3) is 0 Å². The standard InChI is InChI=1S/C25H28N2O/c1-4-20-15-18(6-12-24(20)26)14-19-7-13-25(21(5-2)16-19)27-17(3)22-8-10-23(28)11-9-22/h6-13,15-16,28H,4-5,14,26H2,1-3H3/b27-17+. The molecule has 0 aliphatic heterocycles. The predicted molar refractivity (Wildman–Crippen MR) is 119 cm³/mol. The van der Waals surface area contributed by atoms with Crippen LogP contribution in [0.2, 0.25) is 0 Å². The first kappa shape index (κ1) is 19.7. The zero-order chi connectivity index (χ0) is 20.1. The molecule has 0 radical (unpaired) electrons. The molecule has 3 nitrogen and oxygen atoms in total. The van der Waals surface area contributed by atoms with Crippen molar-refractivity contribution in [1.82, 2.24) is 0 Å². The van der Waals surface area contributed by atoms with Crippen LogP contribution in [0.5, 0.6) is 5.75 Å². The number of hydrogen-bond donors (Lipinski definition) is 2. The number of nitrogen functional groups attached to an aromatic ring is 1. The highest BCUT2D eigenvalue weighted by molar-refractivity contribution is 6.00. The Morgan fingerprint density at radius 1 is 0.857 bits per heavy atom. The Morgan fingerprint density at radius 2 is 1.46 bits per heavy atom. The Hall–Kier alpha value is -3.07. The molecule has 0 saturated heterocycles. The average molecular weight is 373 g/mol. The van der Waals surface area contributed by atoms with Crippen LogP contribution >= 0.6 is 0 Å². The molecule has 3 heteroatoms. The topological polar surface area (TPSA) is 58.6 Å². The number of phenolic OH excluding ortho intramolecular Hbond substituents is 1. The molecule has 3 aromatic carbocycles. The largest absolute Gasteiger partial charge is 0.508 e. The number of aliphatic imine (C=N–C) groups is 1. The molecule has 0 bridgehead atoms. The Kier molecular flexibility index (Phi) is 6.15. The highest BCUT2D eigenvalue weighted by Gasteiger charge is 2.06. The summed E-state index contributed by atoms with van der Waals surface area (Å²) in [6.45, 7) is 6.29. The maximum Gasteiger partial charge on any atom is 0.115 e. The monoisotopic (exact) mass is 372 g/mol. The van der Waals surface area contributed by atoms with E-state index in [2.05, 4.69) is 44.2 Å². The van der Waals surface area contributed by atoms with Crippen LogP contribution in [0.15, 0.2) is 65.7 Å². The summed E-state index contributed by atoms with van der Waals surface area (Å²) in [4.78, 5) is 4.84. The van der Waals surface area contributed by atoms with Crippen LogP contribution in [0.1, 0.15) is 48.6 Å². The number of nitrogens with zero attached hydrogens (tertiary/aromatic N) is 1. The second kappa shape index (κ2) is 8.75. The minimum atomic E-state index is 0.268. The predicted octanol–water partition coefficient (Wildman–Crippen LogP) is 5.83. The van der Waals surface area contributed by atoms with E-state index in [1.165, 1.54) is 22.3 Å². The summed E-state index contributed by atoms with van der Waals surface area (Å²) in [5, 5.41) is 9.46. The SMILES string of the molecule is CCc1cc(Cc2ccc(/N=C(\C)c3ccc(O)cc3)c(CC)c2)ccc1N. The molecular weight excluding hydrogens is 344 g/mol. The molecule has 0 fully saturated rings. The summed E-state index contributed by atoms with van der Waals surface area (Å²) in [6.07, 6.45) is 2.77. The molecule has 3 N–H and O–H groups in total. The second-order valence-electron chi connectivity index (χ2n) is 7.12. The first-order valence-electron chi connectivity index (χ1n) is 9.84. The molecule has 0 heterocycles. The molecule has 0 amide bonds. The number of anilines is 1. The van der Waals surface area contributed by atoms with Crippen molar-refractivity contribution in [2.45, 2.75) is 40.0 Å². The van der Waals surface area contributed by atoms with Gasteiger partial charge in [-0.1, -0.05) is 38.1 Å². The van der Waals surface area contributed by atoms with Gasteiger partial charge in [0.1, 0.15) is 5.75 Å². The Labute approximate surface area is 167 Å². The van der Waals surface area contributed by atoms with Crippen molar-refractivity contribution in [2.24, 2.45) is 4.99 Å². The van der Waals surface area contributed by atoms with Gasteiger partial charge in [-0.3, -0.25) is 4.99 Å². The highest BCUT2D eigenvalue weighted by Crippen LogP contribution is 2.25. The van der Waals surface area contributed by atoms with Crippen LogP contribution in [-0.4, -0.2) is 10.8 Å². The van der Waals surface area contributed by atoms with Crippen LogP contribution in [0.3, 0.4) is 0 Å². The van der Waals surface area contributed by atoms with E-state index >= 15 is 0 Å². The molecule has 28 heavy (non-hydrogen) atoms. The lowest BCUT2D eigenvalue weighted by Gasteiger charge is -2.11. The van der Waals surface area contributed by atoms with E-state index in [9.17, 15) is 5.11 Å². The van der Waals surface area contributed by atoms with E-state index in [4.69, 9.17) is 10.7 Å². The van der Waals surface area contributed by atoms with Crippen LogP contribution < -0.4 is 5.73 Å². The van der Waals surface area contributed by atoms with Gasteiger partial charge < -0.3 is 10.8 Å². The number of nitrogens with two attached hydrogens (primary N) is 1. The van der Waals surface area contributed by atoms with Crippen molar-refractivity contribution in [3.05, 3.63) is 88.5 Å². The maximum atomic E-state index is 9.46. The summed E-state index contributed by atoms with van der Waals surface area (Å²) < 4.78 is 0. The van der Waals surface area contributed by atoms with Gasteiger partial charge >= 0.3 is 0 Å². The lowest BCUT2D eigenvalue weighted by atomic mass is 9.98. The van der Waals surface area contributed by atoms with Gasteiger partial charge in [0, 0.05) is 11.4 Å². The fourth-order valence-electron chi connectivity index (χ4n) is 3.40. The van der Waals surface area contributed by atoms with Crippen LogP contribution in [0, 0.1) is 0 Å². The molecule has 0 aliphatic carbocycles. The number of aromatic hydroxyl groups is 1. The van der Waals surface area contributed by atoms with Gasteiger partial charge in [-0.15, -0.1) is 0 Å². The zero-order valence-electron chi connectivity index (χ0n) is 16.9. The average Bonchev–Trinajstić information content (AvgIpc) is 2.71. The molecule has 0 saturated carbocycles. The van der Waals surface area contributed by atoms with E-state index in [0.717, 1.165) is 41.9 Å². The van der Waals surface area contributed by atoms with Gasteiger partial charge in [-0.05, 0) is 90.4 Å². The number of phenols is 1. The van der Waals surface area contributed by atoms with Crippen molar-refractivity contribution in [3.8, 4) is 5.75 Å². The smallest absolute Gasteiger partial charge is 0.115 e. The van der Waals surface area contributed by atoms with Crippen LogP contribution in [0.25, 0.3) is 0 Å². The Morgan fingerprint density at radius 3 is 2.11 bits per heavy atom. The quantitative estimate of drug-likeness (QED) is 0.422. The second-order valence-corrected chi connectivity index (χ2v) is 7.12. The van der Waals surface area contributed by atoms with E-state index < -0.39 is 0 Å². The summed E-state index contributed by atoms with van der Waals surface area (Å²) in [7, 11) is 0. The number of rotatable bonds is 6. The molecule has 0 aromatic heterocycles. The molecule has 144 valence electrons. The van der Waals surface area contributed by atoms with Gasteiger partial charge in [-0.2, -0.15) is 0 Å². The lowest BCUT2D eigenvalue weighted by molar-refractivity contribution is 0.475. The first-order chi connectivity index (χ1) is 13.5. The summed E-state index contributed by atoms with van der Waals surface area (Å²) in [5.74, 6) is 0.268. The van der Waals surface area contributed by atoms with Crippen molar-refractivity contribution < 1.29 is 5.11 Å². The third-order valence-corrected chi connectivity index (χ3v) is 5.09. The van der Waals surface area contributed by atoms with E-state index in [1.807, 2.05) is 25.1 Å². The molecule has 3 rings (SSSR count). The first-order valence-corrected chi connectivity index (χ1v) is 9.84. The summed E-state index contributed by atoms with van der Waals surface area (Å²) >= 11 is 0. The number of aryl methyl sites for hydroxylation is 2. The van der Waals surface area contributed by atoms with Crippen molar-refractivity contribution >= 4 is 17.1 Å². The normalized spacial score (nSPS) is 11.6. The molecule has 0 aliphatic rings. The van der Waals surface area contributed by atoms with Crippen molar-refractivity contribution in [2.75, 3.05) is 5.73 Å². The minimum absolute atomic E-state index is 0.268.